The van der Waals surface area contributed by atoms with Gasteiger partial charge in [-0.3, -0.25) is 14.9 Å². The number of hydrogen-bond donors (Lipinski definition) is 1. The number of carbonyl (C=O) groups is 1. The van der Waals surface area contributed by atoms with E-state index in [2.05, 4.69) is 5.32 Å². The largest absolute Gasteiger partial charge is 0.366 e. The van der Waals surface area contributed by atoms with Crippen molar-refractivity contribution < 1.29 is 9.72 Å². The lowest BCUT2D eigenvalue weighted by Gasteiger charge is -2.28. The molecule has 2 aromatic carbocycles. The van der Waals surface area contributed by atoms with Gasteiger partial charge in [-0.2, -0.15) is 0 Å². The number of anilines is 1. The van der Waals surface area contributed by atoms with Gasteiger partial charge in [-0.15, -0.1) is 0 Å². The first-order valence-electron chi connectivity index (χ1n) is 8.95. The molecular formula is C20H23N3O3. The molecule has 1 fully saturated rings. The smallest absolute Gasteiger partial charge is 0.293 e. The van der Waals surface area contributed by atoms with Crippen LogP contribution in [-0.2, 0) is 0 Å². The summed E-state index contributed by atoms with van der Waals surface area (Å²) in [6.45, 7) is 3.53. The summed E-state index contributed by atoms with van der Waals surface area (Å²) in [5.41, 5.74) is 1.88. The summed E-state index contributed by atoms with van der Waals surface area (Å²) >= 11 is 0. The van der Waals surface area contributed by atoms with Gasteiger partial charge in [0.1, 0.15) is 5.69 Å². The number of benzene rings is 2. The van der Waals surface area contributed by atoms with Gasteiger partial charge < -0.3 is 10.2 Å². The Kier molecular flexibility index (Phi) is 5.51. The van der Waals surface area contributed by atoms with Crippen molar-refractivity contribution in [3.05, 3.63) is 69.8 Å². The molecule has 0 saturated carbocycles. The molecule has 136 valence electrons. The van der Waals surface area contributed by atoms with E-state index in [4.69, 9.17) is 0 Å². The molecule has 1 saturated heterocycles. The SMILES string of the molecule is C[C@H](NC(=O)c1ccc(N2CCCCC2)c([N+](=O)[O-])c1)c1ccccc1. The fourth-order valence-electron chi connectivity index (χ4n) is 3.32. The second-order valence-electron chi connectivity index (χ2n) is 6.61. The van der Waals surface area contributed by atoms with E-state index in [1.54, 1.807) is 12.1 Å². The Bertz CT molecular complexity index is 786. The first-order valence-corrected chi connectivity index (χ1v) is 8.95. The Morgan fingerprint density at radius 2 is 1.81 bits per heavy atom. The summed E-state index contributed by atoms with van der Waals surface area (Å²) in [5.74, 6) is -0.311. The van der Waals surface area contributed by atoms with E-state index in [9.17, 15) is 14.9 Å². The van der Waals surface area contributed by atoms with Crippen molar-refractivity contribution in [2.24, 2.45) is 0 Å². The molecule has 1 aliphatic rings. The Labute approximate surface area is 153 Å². The average molecular weight is 353 g/mol. The zero-order valence-corrected chi connectivity index (χ0v) is 14.9. The highest BCUT2D eigenvalue weighted by atomic mass is 16.6. The lowest BCUT2D eigenvalue weighted by molar-refractivity contribution is -0.384. The third kappa shape index (κ3) is 4.02. The number of nitrogens with one attached hydrogen (secondary N) is 1. The quantitative estimate of drug-likeness (QED) is 0.649. The van der Waals surface area contributed by atoms with Crippen molar-refractivity contribution in [2.75, 3.05) is 18.0 Å². The molecule has 0 bridgehead atoms. The number of hydrogen-bond acceptors (Lipinski definition) is 4. The molecule has 3 rings (SSSR count). The van der Waals surface area contributed by atoms with Crippen LogP contribution in [0.1, 0.15) is 48.1 Å². The van der Waals surface area contributed by atoms with E-state index in [1.807, 2.05) is 42.2 Å². The number of rotatable bonds is 5. The first kappa shape index (κ1) is 17.9. The maximum absolute atomic E-state index is 12.5. The summed E-state index contributed by atoms with van der Waals surface area (Å²) in [5, 5.41) is 14.4. The van der Waals surface area contributed by atoms with Crippen molar-refractivity contribution in [3.63, 3.8) is 0 Å². The molecule has 0 radical (unpaired) electrons. The number of carbonyl (C=O) groups excluding carboxylic acids is 1. The number of piperidine rings is 1. The van der Waals surface area contributed by atoms with Gasteiger partial charge in [-0.25, -0.2) is 0 Å². The fraction of sp³-hybridized carbons (Fsp3) is 0.350. The fourth-order valence-corrected chi connectivity index (χ4v) is 3.32. The van der Waals surface area contributed by atoms with Crippen LogP contribution in [0.15, 0.2) is 48.5 Å². The third-order valence-corrected chi connectivity index (χ3v) is 4.78. The highest BCUT2D eigenvalue weighted by Gasteiger charge is 2.23. The van der Waals surface area contributed by atoms with Crippen LogP contribution in [0.4, 0.5) is 11.4 Å². The molecule has 1 amide bonds. The van der Waals surface area contributed by atoms with Crippen molar-refractivity contribution in [3.8, 4) is 0 Å². The second-order valence-corrected chi connectivity index (χ2v) is 6.61. The summed E-state index contributed by atoms with van der Waals surface area (Å²) in [6, 6.07) is 14.2. The van der Waals surface area contributed by atoms with E-state index >= 15 is 0 Å². The lowest BCUT2D eigenvalue weighted by Crippen LogP contribution is -2.30. The highest BCUT2D eigenvalue weighted by molar-refractivity contribution is 5.96. The molecule has 1 N–H and O–H groups in total. The molecule has 26 heavy (non-hydrogen) atoms. The number of amides is 1. The summed E-state index contributed by atoms with van der Waals surface area (Å²) in [6.07, 6.45) is 3.23. The van der Waals surface area contributed by atoms with Crippen molar-refractivity contribution in [1.29, 1.82) is 0 Å². The molecule has 6 nitrogen and oxygen atoms in total. The highest BCUT2D eigenvalue weighted by Crippen LogP contribution is 2.31. The van der Waals surface area contributed by atoms with Crippen LogP contribution in [0, 0.1) is 10.1 Å². The van der Waals surface area contributed by atoms with Crippen LogP contribution in [0.5, 0.6) is 0 Å². The topological polar surface area (TPSA) is 75.5 Å². The molecular weight excluding hydrogens is 330 g/mol. The minimum atomic E-state index is -0.401. The molecule has 1 atom stereocenters. The lowest BCUT2D eigenvalue weighted by atomic mass is 10.1. The predicted octanol–water partition coefficient (Wildman–Crippen LogP) is 4.08. The number of nitro groups is 1. The maximum atomic E-state index is 12.5. The van der Waals surface area contributed by atoms with Crippen LogP contribution in [0.3, 0.4) is 0 Å². The summed E-state index contributed by atoms with van der Waals surface area (Å²) in [7, 11) is 0. The van der Waals surface area contributed by atoms with Crippen LogP contribution in [0.25, 0.3) is 0 Å². The Morgan fingerprint density at radius 1 is 1.12 bits per heavy atom. The molecule has 6 heteroatoms. The Morgan fingerprint density at radius 3 is 2.46 bits per heavy atom. The zero-order valence-electron chi connectivity index (χ0n) is 14.9. The van der Waals surface area contributed by atoms with E-state index in [0.29, 0.717) is 11.3 Å². The standard InChI is InChI=1S/C20H23N3O3/c1-15(16-8-4-2-5-9-16)21-20(24)17-10-11-18(19(14-17)23(25)26)22-12-6-3-7-13-22/h2,4-5,8-11,14-15H,3,6-7,12-13H2,1H3,(H,21,24)/t15-/m0/s1. The van der Waals surface area contributed by atoms with Gasteiger partial charge >= 0.3 is 0 Å². The normalized spacial score (nSPS) is 15.3. The average Bonchev–Trinajstić information content (AvgIpc) is 2.68. The molecule has 1 heterocycles. The molecule has 0 spiro atoms. The van der Waals surface area contributed by atoms with Crippen LogP contribution >= 0.6 is 0 Å². The molecule has 2 aromatic rings. The van der Waals surface area contributed by atoms with Crippen molar-refractivity contribution >= 4 is 17.3 Å². The molecule has 1 aliphatic heterocycles. The molecule has 0 aliphatic carbocycles. The van der Waals surface area contributed by atoms with Gasteiger partial charge in [0.2, 0.25) is 0 Å². The summed E-state index contributed by atoms with van der Waals surface area (Å²) in [4.78, 5) is 25.7. The van der Waals surface area contributed by atoms with Crippen LogP contribution in [0.2, 0.25) is 0 Å². The van der Waals surface area contributed by atoms with Crippen molar-refractivity contribution in [2.45, 2.75) is 32.2 Å². The Balaban J connectivity index is 1.80. The van der Waals surface area contributed by atoms with E-state index in [1.165, 1.54) is 6.07 Å². The van der Waals surface area contributed by atoms with Gasteiger partial charge in [-0.05, 0) is 43.9 Å². The van der Waals surface area contributed by atoms with Gasteiger partial charge in [-0.1, -0.05) is 30.3 Å². The second kappa shape index (κ2) is 7.99. The minimum absolute atomic E-state index is 0.00749. The molecule has 0 unspecified atom stereocenters. The number of nitro benzene ring substituents is 1. The first-order chi connectivity index (χ1) is 12.6. The van der Waals surface area contributed by atoms with Crippen molar-refractivity contribution in [1.82, 2.24) is 5.32 Å². The number of nitrogens with zero attached hydrogens (tertiary/aromatic N) is 2. The van der Waals surface area contributed by atoms with Gasteiger partial charge in [0.15, 0.2) is 0 Å². The minimum Gasteiger partial charge on any atom is -0.366 e. The van der Waals surface area contributed by atoms with Gasteiger partial charge in [0, 0.05) is 24.7 Å². The summed E-state index contributed by atoms with van der Waals surface area (Å²) < 4.78 is 0. The van der Waals surface area contributed by atoms with E-state index in [0.717, 1.165) is 37.9 Å². The Hall–Kier alpha value is -2.89. The monoisotopic (exact) mass is 353 g/mol. The zero-order chi connectivity index (χ0) is 18.5. The van der Waals surface area contributed by atoms with Crippen LogP contribution < -0.4 is 10.2 Å². The molecule has 0 aromatic heterocycles. The van der Waals surface area contributed by atoms with Crippen LogP contribution in [-0.4, -0.2) is 23.9 Å². The van der Waals surface area contributed by atoms with Gasteiger partial charge in [0.05, 0.1) is 11.0 Å². The van der Waals surface area contributed by atoms with Gasteiger partial charge in [0.25, 0.3) is 11.6 Å². The predicted molar refractivity (Wildman–Crippen MR) is 101 cm³/mol. The third-order valence-electron chi connectivity index (χ3n) is 4.78. The van der Waals surface area contributed by atoms with E-state index in [-0.39, 0.29) is 17.6 Å². The van der Waals surface area contributed by atoms with E-state index < -0.39 is 4.92 Å². The maximum Gasteiger partial charge on any atom is 0.293 e.